The molecule has 1 saturated carbocycles. The van der Waals surface area contributed by atoms with Gasteiger partial charge in [-0.3, -0.25) is 4.68 Å². The van der Waals surface area contributed by atoms with Crippen molar-refractivity contribution in [2.24, 2.45) is 17.8 Å². The summed E-state index contributed by atoms with van der Waals surface area (Å²) in [4.78, 5) is 13.8. The first-order valence-corrected chi connectivity index (χ1v) is 6.89. The smallest absolute Gasteiger partial charge is 0.410 e. The Balaban J connectivity index is 1.49. The summed E-state index contributed by atoms with van der Waals surface area (Å²) in [6.45, 7) is 8.37. The van der Waals surface area contributed by atoms with Crippen molar-refractivity contribution in [2.75, 3.05) is 13.1 Å². The molecule has 0 spiro atoms. The summed E-state index contributed by atoms with van der Waals surface area (Å²) in [5, 5.41) is 4.24. The molecule has 1 aliphatic heterocycles. The van der Waals surface area contributed by atoms with Gasteiger partial charge in [0.15, 0.2) is 0 Å². The molecule has 3 rings (SSSR count). The van der Waals surface area contributed by atoms with Crippen LogP contribution >= 0.6 is 0 Å². The van der Waals surface area contributed by atoms with Gasteiger partial charge in [-0.2, -0.15) is 5.10 Å². The van der Waals surface area contributed by atoms with E-state index < -0.39 is 5.60 Å². The number of fused-ring (bicyclic) bond motifs is 1. The van der Waals surface area contributed by atoms with E-state index in [1.807, 2.05) is 48.8 Å². The van der Waals surface area contributed by atoms with Crippen LogP contribution in [0.1, 0.15) is 20.8 Å². The second-order valence-corrected chi connectivity index (χ2v) is 6.60. The molecule has 0 aromatic carbocycles. The van der Waals surface area contributed by atoms with Gasteiger partial charge in [-0.25, -0.2) is 4.79 Å². The summed E-state index contributed by atoms with van der Waals surface area (Å²) in [7, 11) is 0. The zero-order valence-electron chi connectivity index (χ0n) is 11.7. The first kappa shape index (κ1) is 12.5. The fourth-order valence-electron chi connectivity index (χ4n) is 3.02. The molecule has 19 heavy (non-hydrogen) atoms. The Labute approximate surface area is 113 Å². The molecule has 2 aliphatic rings. The van der Waals surface area contributed by atoms with E-state index in [4.69, 9.17) is 4.74 Å². The number of aromatic nitrogens is 2. The van der Waals surface area contributed by atoms with Crippen LogP contribution in [0, 0.1) is 17.8 Å². The normalized spacial score (nSPS) is 29.2. The first-order chi connectivity index (χ1) is 8.94. The topological polar surface area (TPSA) is 47.4 Å². The number of rotatable bonds is 2. The van der Waals surface area contributed by atoms with Crippen LogP contribution < -0.4 is 0 Å². The van der Waals surface area contributed by atoms with E-state index in [1.54, 1.807) is 0 Å². The van der Waals surface area contributed by atoms with Crippen LogP contribution in [0.25, 0.3) is 0 Å². The van der Waals surface area contributed by atoms with Crippen molar-refractivity contribution in [2.45, 2.75) is 32.9 Å². The van der Waals surface area contributed by atoms with E-state index in [9.17, 15) is 4.79 Å². The Bertz CT molecular complexity index is 452. The van der Waals surface area contributed by atoms with Crippen molar-refractivity contribution in [1.82, 2.24) is 14.7 Å². The number of hydrogen-bond donors (Lipinski definition) is 0. The molecule has 0 unspecified atom stereocenters. The first-order valence-electron chi connectivity index (χ1n) is 6.89. The third kappa shape index (κ3) is 2.60. The summed E-state index contributed by atoms with van der Waals surface area (Å²) in [5.74, 6) is 1.95. The van der Waals surface area contributed by atoms with Crippen molar-refractivity contribution in [1.29, 1.82) is 0 Å². The molecular formula is C14H21N3O2. The lowest BCUT2D eigenvalue weighted by molar-refractivity contribution is 0.0264. The number of carbonyl (C=O) groups is 1. The molecule has 0 radical (unpaired) electrons. The maximum absolute atomic E-state index is 11.9. The van der Waals surface area contributed by atoms with Gasteiger partial charge in [-0.05, 0) is 44.6 Å². The Morgan fingerprint density at radius 1 is 1.37 bits per heavy atom. The summed E-state index contributed by atoms with van der Waals surface area (Å²) in [6.07, 6.45) is 3.64. The molecule has 5 nitrogen and oxygen atoms in total. The molecular weight excluding hydrogens is 242 g/mol. The standard InChI is InChI=1S/C14H21N3O2/c1-14(2,3)19-13(18)16-7-10-11(8-16)12(10)9-17-6-4-5-15-17/h4-6,10-12H,7-9H2,1-3H3/t10-,11+,12+. The fourth-order valence-corrected chi connectivity index (χ4v) is 3.02. The zero-order valence-corrected chi connectivity index (χ0v) is 11.7. The van der Waals surface area contributed by atoms with Crippen molar-refractivity contribution in [3.63, 3.8) is 0 Å². The number of piperidine rings is 1. The maximum Gasteiger partial charge on any atom is 0.410 e. The van der Waals surface area contributed by atoms with Gasteiger partial charge in [0, 0.05) is 32.0 Å². The molecule has 0 bridgehead atoms. The average molecular weight is 263 g/mol. The highest BCUT2D eigenvalue weighted by Crippen LogP contribution is 2.52. The molecule has 3 atom stereocenters. The monoisotopic (exact) mass is 263 g/mol. The molecule has 1 aliphatic carbocycles. The minimum absolute atomic E-state index is 0.169. The highest BCUT2D eigenvalue weighted by molar-refractivity contribution is 5.68. The van der Waals surface area contributed by atoms with Crippen LogP contribution in [0.2, 0.25) is 0 Å². The van der Waals surface area contributed by atoms with Gasteiger partial charge in [-0.15, -0.1) is 0 Å². The summed E-state index contributed by atoms with van der Waals surface area (Å²) in [5.41, 5.74) is -0.404. The molecule has 5 heteroatoms. The maximum atomic E-state index is 11.9. The average Bonchev–Trinajstić information content (AvgIpc) is 2.75. The molecule has 2 heterocycles. The lowest BCUT2D eigenvalue weighted by Crippen LogP contribution is -2.37. The molecule has 1 aromatic heterocycles. The highest BCUT2D eigenvalue weighted by atomic mass is 16.6. The molecule has 2 fully saturated rings. The number of carbonyl (C=O) groups excluding carboxylic acids is 1. The van der Waals surface area contributed by atoms with Gasteiger partial charge in [0.1, 0.15) is 5.60 Å². The van der Waals surface area contributed by atoms with E-state index in [0.717, 1.165) is 19.6 Å². The van der Waals surface area contributed by atoms with E-state index >= 15 is 0 Å². The Morgan fingerprint density at radius 2 is 2.05 bits per heavy atom. The minimum Gasteiger partial charge on any atom is -0.444 e. The van der Waals surface area contributed by atoms with Crippen LogP contribution in [0.5, 0.6) is 0 Å². The van der Waals surface area contributed by atoms with Crippen LogP contribution in [-0.4, -0.2) is 39.5 Å². The lowest BCUT2D eigenvalue weighted by Gasteiger charge is -2.25. The van der Waals surface area contributed by atoms with Gasteiger partial charge in [0.2, 0.25) is 0 Å². The Morgan fingerprint density at radius 3 is 2.58 bits per heavy atom. The van der Waals surface area contributed by atoms with E-state index in [-0.39, 0.29) is 6.09 Å². The second kappa shape index (κ2) is 4.25. The van der Waals surface area contributed by atoms with Gasteiger partial charge in [0.05, 0.1) is 0 Å². The van der Waals surface area contributed by atoms with Crippen molar-refractivity contribution in [3.05, 3.63) is 18.5 Å². The van der Waals surface area contributed by atoms with Crippen molar-refractivity contribution >= 4 is 6.09 Å². The van der Waals surface area contributed by atoms with Crippen molar-refractivity contribution < 1.29 is 9.53 Å². The summed E-state index contributed by atoms with van der Waals surface area (Å²) in [6, 6.07) is 1.95. The molecule has 1 amide bonds. The second-order valence-electron chi connectivity index (χ2n) is 6.60. The lowest BCUT2D eigenvalue weighted by atomic mass is 10.2. The van der Waals surface area contributed by atoms with Gasteiger partial charge < -0.3 is 9.64 Å². The predicted octanol–water partition coefficient (Wildman–Crippen LogP) is 2.00. The largest absolute Gasteiger partial charge is 0.444 e. The number of hydrogen-bond acceptors (Lipinski definition) is 3. The highest BCUT2D eigenvalue weighted by Gasteiger charge is 2.57. The van der Waals surface area contributed by atoms with Gasteiger partial charge in [-0.1, -0.05) is 0 Å². The summed E-state index contributed by atoms with van der Waals surface area (Å²) < 4.78 is 7.39. The van der Waals surface area contributed by atoms with E-state index in [2.05, 4.69) is 5.10 Å². The third-order valence-electron chi connectivity index (χ3n) is 3.98. The zero-order chi connectivity index (χ0) is 13.6. The number of ether oxygens (including phenoxy) is 1. The molecule has 1 saturated heterocycles. The van der Waals surface area contributed by atoms with Crippen LogP contribution in [0.4, 0.5) is 4.79 Å². The molecule has 1 aromatic rings. The van der Waals surface area contributed by atoms with E-state index in [0.29, 0.717) is 17.8 Å². The van der Waals surface area contributed by atoms with Gasteiger partial charge in [0.25, 0.3) is 0 Å². The Kier molecular flexibility index (Phi) is 2.80. The SMILES string of the molecule is CC(C)(C)OC(=O)N1C[C@@H]2[C@H](C1)[C@H]2Cn1cccn1. The number of likely N-dealkylation sites (tertiary alicyclic amines) is 1. The predicted molar refractivity (Wildman–Crippen MR) is 70.5 cm³/mol. The number of nitrogens with zero attached hydrogens (tertiary/aromatic N) is 3. The van der Waals surface area contributed by atoms with Crippen LogP contribution in [0.15, 0.2) is 18.5 Å². The summed E-state index contributed by atoms with van der Waals surface area (Å²) >= 11 is 0. The molecule has 104 valence electrons. The van der Waals surface area contributed by atoms with E-state index in [1.165, 1.54) is 0 Å². The number of amides is 1. The molecule has 0 N–H and O–H groups in total. The fraction of sp³-hybridized carbons (Fsp3) is 0.714. The van der Waals surface area contributed by atoms with Crippen LogP contribution in [-0.2, 0) is 11.3 Å². The van der Waals surface area contributed by atoms with Gasteiger partial charge >= 0.3 is 6.09 Å². The van der Waals surface area contributed by atoms with Crippen molar-refractivity contribution in [3.8, 4) is 0 Å². The minimum atomic E-state index is -0.404. The quantitative estimate of drug-likeness (QED) is 0.820. The third-order valence-corrected chi connectivity index (χ3v) is 3.98. The Hall–Kier alpha value is -1.52. The van der Waals surface area contributed by atoms with Crippen LogP contribution in [0.3, 0.4) is 0 Å².